The molecule has 26 heavy (non-hydrogen) atoms. The first kappa shape index (κ1) is 18.2. The van der Waals surface area contributed by atoms with E-state index in [1.165, 1.54) is 41.2 Å². The Morgan fingerprint density at radius 3 is 2.31 bits per heavy atom. The lowest BCUT2D eigenvalue weighted by molar-refractivity contribution is -0.133. The average Bonchev–Trinajstić information content (AvgIpc) is 2.99. The van der Waals surface area contributed by atoms with Crippen LogP contribution < -0.4 is 4.87 Å². The molecule has 0 unspecified atom stereocenters. The lowest BCUT2D eigenvalue weighted by Crippen LogP contribution is -2.51. The number of aromatic nitrogens is 1. The molecule has 3 heterocycles. The summed E-state index contributed by atoms with van der Waals surface area (Å²) in [5.41, 5.74) is 1.29. The number of hydrogen-bond donors (Lipinski definition) is 0. The Labute approximate surface area is 159 Å². The van der Waals surface area contributed by atoms with Crippen molar-refractivity contribution in [3.05, 3.63) is 20.2 Å². The van der Waals surface area contributed by atoms with Crippen molar-refractivity contribution >= 4 is 17.2 Å². The van der Waals surface area contributed by atoms with Gasteiger partial charge in [0, 0.05) is 49.8 Å². The van der Waals surface area contributed by atoms with Gasteiger partial charge in [0.15, 0.2) is 0 Å². The van der Waals surface area contributed by atoms with Gasteiger partial charge in [-0.15, -0.1) is 0 Å². The van der Waals surface area contributed by atoms with E-state index in [0.29, 0.717) is 12.5 Å². The largest absolute Gasteiger partial charge is 0.342 e. The van der Waals surface area contributed by atoms with Gasteiger partial charge < -0.3 is 4.90 Å². The molecule has 0 saturated carbocycles. The predicted octanol–water partition coefficient (Wildman–Crippen LogP) is 1.38. The summed E-state index contributed by atoms with van der Waals surface area (Å²) < 4.78 is 2.01. The zero-order chi connectivity index (χ0) is 17.9. The number of likely N-dealkylation sites (tertiary alicyclic amines) is 1. The zero-order valence-corrected chi connectivity index (χ0v) is 16.4. The third-order valence-corrected chi connectivity index (χ3v) is 7.10. The molecule has 7 heteroatoms. The molecule has 2 fully saturated rings. The minimum atomic E-state index is 0.208. The van der Waals surface area contributed by atoms with Crippen LogP contribution in [0.4, 0.5) is 0 Å². The number of thiazole rings is 1. The van der Waals surface area contributed by atoms with Crippen LogP contribution in [0.15, 0.2) is 4.79 Å². The van der Waals surface area contributed by atoms with Crippen molar-refractivity contribution in [3.8, 4) is 0 Å². The summed E-state index contributed by atoms with van der Waals surface area (Å²) in [6.45, 7) is 6.85. The van der Waals surface area contributed by atoms with Crippen molar-refractivity contribution in [1.29, 1.82) is 0 Å². The maximum atomic E-state index is 12.4. The van der Waals surface area contributed by atoms with Crippen molar-refractivity contribution in [2.45, 2.75) is 51.6 Å². The van der Waals surface area contributed by atoms with E-state index in [-0.39, 0.29) is 4.87 Å². The van der Waals surface area contributed by atoms with Crippen LogP contribution in [0.3, 0.4) is 0 Å². The van der Waals surface area contributed by atoms with Crippen LogP contribution in [0.25, 0.3) is 0 Å². The molecule has 0 atom stereocenters. The second-order valence-electron chi connectivity index (χ2n) is 7.85. The second-order valence-corrected chi connectivity index (χ2v) is 8.90. The first-order chi connectivity index (χ1) is 12.7. The van der Waals surface area contributed by atoms with E-state index >= 15 is 0 Å². The number of fused-ring (bicyclic) bond motifs is 1. The fourth-order valence-corrected chi connectivity index (χ4v) is 5.46. The van der Waals surface area contributed by atoms with Gasteiger partial charge in [-0.1, -0.05) is 11.3 Å². The minimum Gasteiger partial charge on any atom is -0.342 e. The molecule has 2 aliphatic heterocycles. The first-order valence-corrected chi connectivity index (χ1v) is 11.0. The van der Waals surface area contributed by atoms with Crippen LogP contribution in [-0.2, 0) is 24.3 Å². The van der Waals surface area contributed by atoms with Crippen LogP contribution >= 0.6 is 11.3 Å². The number of carbonyl (C=O) groups excluding carboxylic acids is 1. The fourth-order valence-electron chi connectivity index (χ4n) is 4.39. The maximum Gasteiger partial charge on any atom is 0.308 e. The van der Waals surface area contributed by atoms with E-state index < -0.39 is 0 Å². The van der Waals surface area contributed by atoms with E-state index in [9.17, 15) is 9.59 Å². The summed E-state index contributed by atoms with van der Waals surface area (Å²) in [4.78, 5) is 33.0. The molecule has 1 aromatic rings. The Morgan fingerprint density at radius 2 is 1.54 bits per heavy atom. The van der Waals surface area contributed by atoms with Crippen LogP contribution in [0.2, 0.25) is 0 Å². The Bertz CT molecular complexity index is 684. The van der Waals surface area contributed by atoms with E-state index in [0.717, 1.165) is 71.6 Å². The average molecular weight is 379 g/mol. The summed E-state index contributed by atoms with van der Waals surface area (Å²) >= 11 is 1.45. The van der Waals surface area contributed by atoms with Gasteiger partial charge in [-0.25, -0.2) is 0 Å². The summed E-state index contributed by atoms with van der Waals surface area (Å²) in [5.74, 6) is 0.293. The topological polar surface area (TPSA) is 48.8 Å². The standard InChI is InChI=1S/C19H30N4O2S/c24-18(22-8-4-1-5-9-22)14-20-10-12-21(13-11-20)15-23-16-6-2-3-7-17(16)26-19(23)25/h1-15H2. The Balaban J connectivity index is 1.28. The van der Waals surface area contributed by atoms with E-state index in [4.69, 9.17) is 0 Å². The van der Waals surface area contributed by atoms with Crippen molar-refractivity contribution < 1.29 is 4.79 Å². The molecule has 2 saturated heterocycles. The third-order valence-electron chi connectivity index (χ3n) is 6.02. The summed E-state index contributed by atoms with van der Waals surface area (Å²) in [7, 11) is 0. The molecule has 0 spiro atoms. The van der Waals surface area contributed by atoms with Gasteiger partial charge >= 0.3 is 4.87 Å². The van der Waals surface area contributed by atoms with Gasteiger partial charge in [0.2, 0.25) is 5.91 Å². The highest BCUT2D eigenvalue weighted by molar-refractivity contribution is 7.09. The number of piperazine rings is 1. The highest BCUT2D eigenvalue weighted by Gasteiger charge is 2.24. The molecule has 144 valence electrons. The molecule has 6 nitrogen and oxygen atoms in total. The Morgan fingerprint density at radius 1 is 0.846 bits per heavy atom. The van der Waals surface area contributed by atoms with Gasteiger partial charge in [-0.2, -0.15) is 0 Å². The van der Waals surface area contributed by atoms with Crippen LogP contribution in [-0.4, -0.2) is 71.0 Å². The van der Waals surface area contributed by atoms with Gasteiger partial charge in [-0.05, 0) is 44.9 Å². The van der Waals surface area contributed by atoms with Gasteiger partial charge in [0.05, 0.1) is 13.2 Å². The number of amides is 1. The van der Waals surface area contributed by atoms with Crippen molar-refractivity contribution in [3.63, 3.8) is 0 Å². The molecule has 0 N–H and O–H groups in total. The summed E-state index contributed by atoms with van der Waals surface area (Å²) in [6.07, 6.45) is 8.12. The molecule has 0 radical (unpaired) electrons. The quantitative estimate of drug-likeness (QED) is 0.794. The molecular weight excluding hydrogens is 348 g/mol. The predicted molar refractivity (Wildman–Crippen MR) is 104 cm³/mol. The molecule has 0 aromatic carbocycles. The van der Waals surface area contributed by atoms with Crippen molar-refractivity contribution in [2.75, 3.05) is 45.8 Å². The van der Waals surface area contributed by atoms with Gasteiger partial charge in [0.25, 0.3) is 0 Å². The van der Waals surface area contributed by atoms with Crippen LogP contribution in [0.5, 0.6) is 0 Å². The number of nitrogens with zero attached hydrogens (tertiary/aromatic N) is 4. The molecular formula is C19H30N4O2S. The Hall–Kier alpha value is -1.18. The number of piperidine rings is 1. The Kier molecular flexibility index (Phi) is 5.76. The smallest absolute Gasteiger partial charge is 0.308 e. The maximum absolute atomic E-state index is 12.4. The minimum absolute atomic E-state index is 0.208. The fraction of sp³-hybridized carbons (Fsp3) is 0.789. The number of carbonyl (C=O) groups is 1. The van der Waals surface area contributed by atoms with E-state index in [2.05, 4.69) is 9.80 Å². The second kappa shape index (κ2) is 8.23. The van der Waals surface area contributed by atoms with E-state index in [1.807, 2.05) is 9.47 Å². The van der Waals surface area contributed by atoms with Crippen molar-refractivity contribution in [2.24, 2.45) is 0 Å². The highest BCUT2D eigenvalue weighted by Crippen LogP contribution is 2.23. The highest BCUT2D eigenvalue weighted by atomic mass is 32.1. The summed E-state index contributed by atoms with van der Waals surface area (Å²) in [5, 5.41) is 0. The molecule has 4 rings (SSSR count). The molecule has 1 aromatic heterocycles. The van der Waals surface area contributed by atoms with Crippen molar-refractivity contribution in [1.82, 2.24) is 19.3 Å². The molecule has 0 bridgehead atoms. The lowest BCUT2D eigenvalue weighted by Gasteiger charge is -2.36. The SMILES string of the molecule is O=C(CN1CCN(Cn2c3c(sc2=O)CCCC3)CC1)N1CCCCC1. The number of aryl methyl sites for hydroxylation is 1. The van der Waals surface area contributed by atoms with Crippen LogP contribution in [0, 0.1) is 0 Å². The zero-order valence-electron chi connectivity index (χ0n) is 15.6. The first-order valence-electron chi connectivity index (χ1n) is 10.1. The molecule has 1 amide bonds. The third kappa shape index (κ3) is 4.05. The monoisotopic (exact) mass is 378 g/mol. The lowest BCUT2D eigenvalue weighted by atomic mass is 10.0. The van der Waals surface area contributed by atoms with Crippen LogP contribution in [0.1, 0.15) is 42.7 Å². The normalized spacial score (nSPS) is 22.4. The van der Waals surface area contributed by atoms with E-state index in [1.54, 1.807) is 0 Å². The van der Waals surface area contributed by atoms with Gasteiger partial charge in [-0.3, -0.25) is 24.0 Å². The number of hydrogen-bond acceptors (Lipinski definition) is 5. The summed E-state index contributed by atoms with van der Waals surface area (Å²) in [6, 6.07) is 0. The molecule has 1 aliphatic carbocycles. The molecule has 3 aliphatic rings. The van der Waals surface area contributed by atoms with Gasteiger partial charge in [0.1, 0.15) is 0 Å². The number of rotatable bonds is 4.